The lowest BCUT2D eigenvalue weighted by molar-refractivity contribution is -0.121. The Labute approximate surface area is 145 Å². The maximum atomic E-state index is 12.2. The van der Waals surface area contributed by atoms with Crippen LogP contribution in [0.3, 0.4) is 0 Å². The summed E-state index contributed by atoms with van der Waals surface area (Å²) in [5.41, 5.74) is 2.62. The molecule has 0 heterocycles. The van der Waals surface area contributed by atoms with E-state index in [2.05, 4.69) is 5.32 Å². The van der Waals surface area contributed by atoms with Crippen LogP contribution in [0.1, 0.15) is 16.7 Å². The van der Waals surface area contributed by atoms with E-state index in [-0.39, 0.29) is 30.1 Å². The summed E-state index contributed by atoms with van der Waals surface area (Å²) in [5, 5.41) is 14.7. The molecule has 0 fully saturated rings. The zero-order valence-corrected chi connectivity index (χ0v) is 13.7. The van der Waals surface area contributed by atoms with Crippen LogP contribution in [-0.4, -0.2) is 23.3 Å². The fourth-order valence-electron chi connectivity index (χ4n) is 2.20. The van der Waals surface area contributed by atoms with Crippen LogP contribution < -0.4 is 10.6 Å². The van der Waals surface area contributed by atoms with Crippen LogP contribution in [-0.2, 0) is 20.8 Å². The minimum Gasteiger partial charge on any atom is -0.507 e. The van der Waals surface area contributed by atoms with E-state index in [1.54, 1.807) is 24.3 Å². The minimum atomic E-state index is -0.756. The van der Waals surface area contributed by atoms with E-state index >= 15 is 0 Å². The van der Waals surface area contributed by atoms with Gasteiger partial charge in [-0.05, 0) is 24.6 Å². The largest absolute Gasteiger partial charge is 0.507 e. The molecule has 0 unspecified atom stereocenters. The summed E-state index contributed by atoms with van der Waals surface area (Å²) in [7, 11) is 0. The number of hydrogen-bond acceptors (Lipinski definition) is 4. The molecule has 2 aromatic rings. The Bertz CT molecular complexity index is 810. The monoisotopic (exact) mass is 338 g/mol. The fraction of sp³-hybridized carbons (Fsp3) is 0.105. The number of carbonyl (C=O) groups excluding carboxylic acids is 3. The minimum absolute atomic E-state index is 0.185. The van der Waals surface area contributed by atoms with Gasteiger partial charge in [-0.15, -0.1) is 0 Å². The molecule has 0 atom stereocenters. The van der Waals surface area contributed by atoms with Gasteiger partial charge >= 0.3 is 0 Å². The summed E-state index contributed by atoms with van der Waals surface area (Å²) in [6.07, 6.45) is 1.28. The number of rotatable bonds is 6. The van der Waals surface area contributed by atoms with Gasteiger partial charge in [0.05, 0.1) is 12.1 Å². The highest BCUT2D eigenvalue weighted by atomic mass is 16.3. The van der Waals surface area contributed by atoms with Gasteiger partial charge in [0.2, 0.25) is 12.3 Å². The molecule has 0 aromatic heterocycles. The number of imide groups is 1. The lowest BCUT2D eigenvalue weighted by atomic mass is 10.1. The molecule has 0 radical (unpaired) electrons. The van der Waals surface area contributed by atoms with Crippen LogP contribution in [0.4, 0.5) is 5.69 Å². The van der Waals surface area contributed by atoms with Gasteiger partial charge in [-0.25, -0.2) is 0 Å². The van der Waals surface area contributed by atoms with Crippen LogP contribution in [0.2, 0.25) is 0 Å². The fourth-order valence-corrected chi connectivity index (χ4v) is 2.20. The summed E-state index contributed by atoms with van der Waals surface area (Å²) in [6.45, 7) is 1.97. The highest BCUT2D eigenvalue weighted by molar-refractivity contribution is 6.01. The third-order valence-electron chi connectivity index (χ3n) is 3.43. The van der Waals surface area contributed by atoms with E-state index in [4.69, 9.17) is 0 Å². The van der Waals surface area contributed by atoms with Crippen molar-refractivity contribution in [3.05, 3.63) is 71.3 Å². The number of nitrogens with one attached hydrogen (secondary N) is 2. The Morgan fingerprint density at radius 3 is 2.44 bits per heavy atom. The third kappa shape index (κ3) is 5.31. The highest BCUT2D eigenvalue weighted by Gasteiger charge is 2.11. The standard InChI is InChI=1S/C19H18N2O4/c1-13-6-8-14(9-7-13)10-19(25)21-16-5-3-2-4-15(16)17(23)11-18(24)20-12-22/h2-9,11-12,23H,10H2,1H3,(H,21,25)(H,20,22,24)/b17-11+. The van der Waals surface area contributed by atoms with E-state index < -0.39 is 5.91 Å². The molecule has 6 heteroatoms. The first kappa shape index (κ1) is 17.9. The van der Waals surface area contributed by atoms with Crippen molar-refractivity contribution in [2.75, 3.05) is 5.32 Å². The Kier molecular flexibility index (Phi) is 6.06. The lowest BCUT2D eigenvalue weighted by Crippen LogP contribution is -2.19. The Hall–Kier alpha value is -3.41. The normalized spacial score (nSPS) is 10.8. The molecule has 2 rings (SSSR count). The molecule has 0 aliphatic rings. The molecule has 0 saturated heterocycles. The molecule has 0 bridgehead atoms. The second-order valence-electron chi connectivity index (χ2n) is 5.41. The van der Waals surface area contributed by atoms with E-state index in [0.717, 1.165) is 17.2 Å². The van der Waals surface area contributed by atoms with Gasteiger partial charge in [0, 0.05) is 11.6 Å². The average Bonchev–Trinajstić information content (AvgIpc) is 2.57. The maximum Gasteiger partial charge on any atom is 0.254 e. The first-order valence-corrected chi connectivity index (χ1v) is 7.59. The van der Waals surface area contributed by atoms with Crippen LogP contribution >= 0.6 is 0 Å². The Morgan fingerprint density at radius 2 is 1.76 bits per heavy atom. The van der Waals surface area contributed by atoms with E-state index in [1.165, 1.54) is 0 Å². The smallest absolute Gasteiger partial charge is 0.254 e. The topological polar surface area (TPSA) is 95.5 Å². The number of anilines is 1. The van der Waals surface area contributed by atoms with Gasteiger partial charge in [-0.1, -0.05) is 42.0 Å². The highest BCUT2D eigenvalue weighted by Crippen LogP contribution is 2.22. The van der Waals surface area contributed by atoms with Crippen molar-refractivity contribution in [1.29, 1.82) is 0 Å². The van der Waals surface area contributed by atoms with Gasteiger partial charge in [0.1, 0.15) is 5.76 Å². The van der Waals surface area contributed by atoms with Gasteiger partial charge in [0.15, 0.2) is 0 Å². The molecule has 2 aromatic carbocycles. The van der Waals surface area contributed by atoms with Gasteiger partial charge < -0.3 is 10.4 Å². The maximum absolute atomic E-state index is 12.2. The quantitative estimate of drug-likeness (QED) is 0.428. The SMILES string of the molecule is Cc1ccc(CC(=O)Nc2ccccc2/C(O)=C\C(=O)NC=O)cc1. The second-order valence-corrected chi connectivity index (χ2v) is 5.41. The number of benzene rings is 2. The number of aryl methyl sites for hydroxylation is 1. The number of aliphatic hydroxyl groups is 1. The molecule has 3 amide bonds. The summed E-state index contributed by atoms with van der Waals surface area (Å²) >= 11 is 0. The molecule has 3 N–H and O–H groups in total. The van der Waals surface area contributed by atoms with Crippen LogP contribution in [0.25, 0.3) is 5.76 Å². The second kappa shape index (κ2) is 8.44. The number of carbonyl (C=O) groups is 3. The molecule has 0 saturated carbocycles. The van der Waals surface area contributed by atoms with Crippen LogP contribution in [0.15, 0.2) is 54.6 Å². The van der Waals surface area contributed by atoms with Gasteiger partial charge in [0.25, 0.3) is 5.91 Å². The predicted molar refractivity (Wildman–Crippen MR) is 94.8 cm³/mol. The molecular weight excluding hydrogens is 320 g/mol. The first-order valence-electron chi connectivity index (χ1n) is 7.59. The van der Waals surface area contributed by atoms with E-state index in [1.807, 2.05) is 36.5 Å². The van der Waals surface area contributed by atoms with Crippen molar-refractivity contribution < 1.29 is 19.5 Å². The number of amides is 3. The van der Waals surface area contributed by atoms with Crippen molar-refractivity contribution >= 4 is 29.7 Å². The first-order chi connectivity index (χ1) is 12.0. The van der Waals surface area contributed by atoms with Crippen molar-refractivity contribution in [2.24, 2.45) is 0 Å². The van der Waals surface area contributed by atoms with Gasteiger partial charge in [-0.2, -0.15) is 0 Å². The Morgan fingerprint density at radius 1 is 1.08 bits per heavy atom. The zero-order valence-electron chi connectivity index (χ0n) is 13.7. The van der Waals surface area contributed by atoms with Crippen molar-refractivity contribution in [3.63, 3.8) is 0 Å². The molecule has 128 valence electrons. The molecule has 0 spiro atoms. The predicted octanol–water partition coefficient (Wildman–Crippen LogP) is 2.35. The molecular formula is C19H18N2O4. The number of hydrogen-bond donors (Lipinski definition) is 3. The van der Waals surface area contributed by atoms with Crippen molar-refractivity contribution in [1.82, 2.24) is 5.32 Å². The summed E-state index contributed by atoms with van der Waals surface area (Å²) in [6, 6.07) is 14.1. The summed E-state index contributed by atoms with van der Waals surface area (Å²) in [4.78, 5) is 33.8. The van der Waals surface area contributed by atoms with Crippen LogP contribution in [0.5, 0.6) is 0 Å². The van der Waals surface area contributed by atoms with E-state index in [0.29, 0.717) is 5.69 Å². The molecule has 6 nitrogen and oxygen atoms in total. The molecule has 25 heavy (non-hydrogen) atoms. The third-order valence-corrected chi connectivity index (χ3v) is 3.43. The molecule has 0 aliphatic carbocycles. The molecule has 0 aliphatic heterocycles. The number of para-hydroxylation sites is 1. The van der Waals surface area contributed by atoms with E-state index in [9.17, 15) is 19.5 Å². The lowest BCUT2D eigenvalue weighted by Gasteiger charge is -2.11. The van der Waals surface area contributed by atoms with Gasteiger partial charge in [-0.3, -0.25) is 19.7 Å². The summed E-state index contributed by atoms with van der Waals surface area (Å²) in [5.74, 6) is -1.36. The zero-order chi connectivity index (χ0) is 18.2. The average molecular weight is 338 g/mol. The van der Waals surface area contributed by atoms with Crippen molar-refractivity contribution in [3.8, 4) is 0 Å². The summed E-state index contributed by atoms with van der Waals surface area (Å²) < 4.78 is 0. The Balaban J connectivity index is 2.14. The van der Waals surface area contributed by atoms with Crippen molar-refractivity contribution in [2.45, 2.75) is 13.3 Å². The van der Waals surface area contributed by atoms with Crippen LogP contribution in [0, 0.1) is 6.92 Å². The number of aliphatic hydroxyl groups excluding tert-OH is 1.